The van der Waals surface area contributed by atoms with Crippen molar-refractivity contribution >= 4 is 0 Å². The third kappa shape index (κ3) is 3.68. The molecule has 0 unspecified atom stereocenters. The molecule has 4 nitrogen and oxygen atoms in total. The van der Waals surface area contributed by atoms with Gasteiger partial charge in [0.05, 0.1) is 7.11 Å². The van der Waals surface area contributed by atoms with Crippen LogP contribution in [0.4, 0.5) is 0 Å². The topological polar surface area (TPSA) is 34.5 Å². The van der Waals surface area contributed by atoms with Gasteiger partial charge in [-0.15, -0.1) is 0 Å². The molecule has 0 aliphatic carbocycles. The molecule has 30 heavy (non-hydrogen) atoms. The number of fused-ring (bicyclic) bond motifs is 4. The van der Waals surface area contributed by atoms with Crippen molar-refractivity contribution in [1.82, 2.24) is 9.47 Å². The van der Waals surface area contributed by atoms with Crippen molar-refractivity contribution in [2.75, 3.05) is 20.2 Å². The lowest BCUT2D eigenvalue weighted by atomic mass is 9.76. The fourth-order valence-corrected chi connectivity index (χ4v) is 5.41. The van der Waals surface area contributed by atoms with Crippen LogP contribution >= 0.6 is 0 Å². The Morgan fingerprint density at radius 1 is 0.933 bits per heavy atom. The van der Waals surface area contributed by atoms with Gasteiger partial charge in [0, 0.05) is 43.4 Å². The SMILES string of the molecule is COc1cccc(C[C@H]2[C@H]3C[C@H](CN(Cc4ccccc4)C3)c3cccc(=O)n32)c1. The Morgan fingerprint density at radius 2 is 1.73 bits per heavy atom. The third-order valence-electron chi connectivity index (χ3n) is 6.70. The summed E-state index contributed by atoms with van der Waals surface area (Å²) in [5.41, 5.74) is 3.91. The van der Waals surface area contributed by atoms with Crippen molar-refractivity contribution in [3.05, 3.63) is 100.0 Å². The Bertz CT molecular complexity index is 1080. The van der Waals surface area contributed by atoms with Crippen LogP contribution < -0.4 is 10.3 Å². The lowest BCUT2D eigenvalue weighted by Gasteiger charge is -2.47. The van der Waals surface area contributed by atoms with Crippen molar-refractivity contribution in [2.24, 2.45) is 5.92 Å². The first kappa shape index (κ1) is 19.1. The number of nitrogens with zero attached hydrogens (tertiary/aromatic N) is 2. The highest BCUT2D eigenvalue weighted by Crippen LogP contribution is 2.42. The minimum Gasteiger partial charge on any atom is -0.497 e. The Hall–Kier alpha value is -2.85. The zero-order chi connectivity index (χ0) is 20.5. The van der Waals surface area contributed by atoms with Gasteiger partial charge in [-0.3, -0.25) is 9.69 Å². The molecule has 2 aromatic carbocycles. The fourth-order valence-electron chi connectivity index (χ4n) is 5.41. The first-order valence-corrected chi connectivity index (χ1v) is 10.8. The van der Waals surface area contributed by atoms with Crippen molar-refractivity contribution in [2.45, 2.75) is 31.3 Å². The Morgan fingerprint density at radius 3 is 2.57 bits per heavy atom. The van der Waals surface area contributed by atoms with E-state index in [1.807, 2.05) is 18.2 Å². The molecular weight excluding hydrogens is 372 g/mol. The molecule has 2 aliphatic heterocycles. The summed E-state index contributed by atoms with van der Waals surface area (Å²) in [6, 6.07) is 24.9. The molecule has 0 radical (unpaired) electrons. The van der Waals surface area contributed by atoms with E-state index in [9.17, 15) is 4.79 Å². The Labute approximate surface area is 177 Å². The maximum Gasteiger partial charge on any atom is 0.251 e. The van der Waals surface area contributed by atoms with Crippen LogP contribution in [0, 0.1) is 5.92 Å². The smallest absolute Gasteiger partial charge is 0.251 e. The van der Waals surface area contributed by atoms with Gasteiger partial charge in [-0.2, -0.15) is 0 Å². The quantitative estimate of drug-likeness (QED) is 0.642. The zero-order valence-corrected chi connectivity index (χ0v) is 17.4. The number of benzene rings is 2. The fraction of sp³-hybridized carbons (Fsp3) is 0.346. The van der Waals surface area contributed by atoms with Crippen LogP contribution in [0.2, 0.25) is 0 Å². The summed E-state index contributed by atoms with van der Waals surface area (Å²) in [5, 5.41) is 0. The molecular formula is C26H28N2O2. The van der Waals surface area contributed by atoms with Gasteiger partial charge < -0.3 is 9.30 Å². The number of ether oxygens (including phenoxy) is 1. The predicted molar refractivity (Wildman–Crippen MR) is 119 cm³/mol. The molecule has 3 heterocycles. The largest absolute Gasteiger partial charge is 0.497 e. The van der Waals surface area contributed by atoms with E-state index in [0.717, 1.165) is 38.2 Å². The van der Waals surface area contributed by atoms with Gasteiger partial charge in [-0.1, -0.05) is 48.5 Å². The van der Waals surface area contributed by atoms with E-state index in [1.165, 1.54) is 16.8 Å². The number of hydrogen-bond acceptors (Lipinski definition) is 3. The highest BCUT2D eigenvalue weighted by atomic mass is 16.5. The summed E-state index contributed by atoms with van der Waals surface area (Å²) in [4.78, 5) is 15.5. The van der Waals surface area contributed by atoms with E-state index >= 15 is 0 Å². The summed E-state index contributed by atoms with van der Waals surface area (Å²) in [6.07, 6.45) is 2.01. The molecule has 3 atom stereocenters. The average Bonchev–Trinajstić information content (AvgIpc) is 2.77. The van der Waals surface area contributed by atoms with E-state index in [-0.39, 0.29) is 11.6 Å². The van der Waals surface area contributed by atoms with Crippen molar-refractivity contribution in [1.29, 1.82) is 0 Å². The second-order valence-electron chi connectivity index (χ2n) is 8.65. The van der Waals surface area contributed by atoms with Gasteiger partial charge in [0.1, 0.15) is 5.75 Å². The van der Waals surface area contributed by atoms with Crippen LogP contribution in [0.5, 0.6) is 5.75 Å². The summed E-state index contributed by atoms with van der Waals surface area (Å²) < 4.78 is 7.52. The molecule has 2 aliphatic rings. The molecule has 3 aromatic rings. The van der Waals surface area contributed by atoms with Crippen LogP contribution in [0.1, 0.15) is 35.2 Å². The molecule has 0 N–H and O–H groups in total. The number of likely N-dealkylation sites (tertiary alicyclic amines) is 1. The van der Waals surface area contributed by atoms with Crippen LogP contribution in [-0.4, -0.2) is 29.7 Å². The highest BCUT2D eigenvalue weighted by Gasteiger charge is 2.40. The molecule has 4 heteroatoms. The zero-order valence-electron chi connectivity index (χ0n) is 17.4. The number of pyridine rings is 1. The van der Waals surface area contributed by atoms with Crippen molar-refractivity contribution in [3.8, 4) is 5.75 Å². The van der Waals surface area contributed by atoms with Crippen molar-refractivity contribution < 1.29 is 4.74 Å². The third-order valence-corrected chi connectivity index (χ3v) is 6.70. The van der Waals surface area contributed by atoms with Crippen LogP contribution in [0.3, 0.4) is 0 Å². The minimum absolute atomic E-state index is 0.131. The van der Waals surface area contributed by atoms with Gasteiger partial charge >= 0.3 is 0 Å². The number of hydrogen-bond donors (Lipinski definition) is 0. The van der Waals surface area contributed by atoms with Gasteiger partial charge in [0.15, 0.2) is 0 Å². The molecule has 0 spiro atoms. The number of piperidine rings is 1. The number of methoxy groups -OCH3 is 1. The minimum atomic E-state index is 0.131. The molecule has 0 saturated carbocycles. The molecule has 0 amide bonds. The van der Waals surface area contributed by atoms with E-state index < -0.39 is 0 Å². The first-order valence-electron chi connectivity index (χ1n) is 10.8. The van der Waals surface area contributed by atoms with Gasteiger partial charge in [0.2, 0.25) is 0 Å². The molecule has 1 fully saturated rings. The Kier molecular flexibility index (Phi) is 5.17. The second-order valence-corrected chi connectivity index (χ2v) is 8.65. The van der Waals surface area contributed by atoms with Crippen LogP contribution in [0.15, 0.2) is 77.6 Å². The monoisotopic (exact) mass is 400 g/mol. The van der Waals surface area contributed by atoms with E-state index in [0.29, 0.717) is 11.8 Å². The van der Waals surface area contributed by atoms with E-state index in [4.69, 9.17) is 4.74 Å². The van der Waals surface area contributed by atoms with Crippen molar-refractivity contribution in [3.63, 3.8) is 0 Å². The summed E-state index contributed by atoms with van der Waals surface area (Å²) in [7, 11) is 1.70. The summed E-state index contributed by atoms with van der Waals surface area (Å²) >= 11 is 0. The predicted octanol–water partition coefficient (Wildman–Crippen LogP) is 4.26. The normalized spacial score (nSPS) is 23.0. The molecule has 5 rings (SSSR count). The molecule has 1 saturated heterocycles. The van der Waals surface area contributed by atoms with Gasteiger partial charge in [-0.25, -0.2) is 0 Å². The summed E-state index contributed by atoms with van der Waals surface area (Å²) in [6.45, 7) is 3.01. The maximum atomic E-state index is 12.9. The van der Waals surface area contributed by atoms with Crippen LogP contribution in [-0.2, 0) is 13.0 Å². The first-order chi connectivity index (χ1) is 14.7. The maximum absolute atomic E-state index is 12.9. The molecule has 154 valence electrons. The second kappa shape index (κ2) is 8.11. The van der Waals surface area contributed by atoms with Gasteiger partial charge in [0.25, 0.3) is 5.56 Å². The standard InChI is InChI=1S/C26H28N2O2/c1-30-23-10-5-9-20(13-23)14-25-22-15-21(24-11-6-12-26(29)28(24)25)17-27(18-22)16-19-7-3-2-4-8-19/h2-13,21-22,25H,14-18H2,1H3/t21-,22+,25+/m1/s1. The van der Waals surface area contributed by atoms with E-state index in [2.05, 4.69) is 58.0 Å². The highest BCUT2D eigenvalue weighted by molar-refractivity contribution is 5.30. The van der Waals surface area contributed by atoms with E-state index in [1.54, 1.807) is 13.2 Å². The number of aromatic nitrogens is 1. The average molecular weight is 401 g/mol. The molecule has 2 bridgehead atoms. The molecule has 1 aromatic heterocycles. The van der Waals surface area contributed by atoms with Crippen LogP contribution in [0.25, 0.3) is 0 Å². The van der Waals surface area contributed by atoms with Gasteiger partial charge in [-0.05, 0) is 48.1 Å². The lowest BCUT2D eigenvalue weighted by Crippen LogP contribution is -2.49. The number of rotatable bonds is 5. The Balaban J connectivity index is 1.48. The lowest BCUT2D eigenvalue weighted by molar-refractivity contribution is 0.0853. The summed E-state index contributed by atoms with van der Waals surface area (Å²) in [5.74, 6) is 1.75.